The van der Waals surface area contributed by atoms with Crippen LogP contribution in [-0.2, 0) is 11.3 Å². The van der Waals surface area contributed by atoms with Gasteiger partial charge in [-0.05, 0) is 42.4 Å². The Bertz CT molecular complexity index is 1490. The van der Waals surface area contributed by atoms with Crippen molar-refractivity contribution in [1.82, 2.24) is 24.6 Å². The molecule has 0 bridgehead atoms. The van der Waals surface area contributed by atoms with Crippen LogP contribution in [0.3, 0.4) is 0 Å². The summed E-state index contributed by atoms with van der Waals surface area (Å²) in [5, 5.41) is 11.2. The lowest BCUT2D eigenvalue weighted by Gasteiger charge is -2.20. The molecule has 1 aliphatic rings. The summed E-state index contributed by atoms with van der Waals surface area (Å²) in [5.74, 6) is 2.01. The van der Waals surface area contributed by atoms with Crippen molar-refractivity contribution < 1.29 is 14.3 Å². The predicted molar refractivity (Wildman–Crippen MR) is 151 cm³/mol. The molecule has 2 aromatic carbocycles. The summed E-state index contributed by atoms with van der Waals surface area (Å²) in [6, 6.07) is 11.2. The summed E-state index contributed by atoms with van der Waals surface area (Å²) in [6.07, 6.45) is 5.04. The van der Waals surface area contributed by atoms with Gasteiger partial charge in [-0.15, -0.1) is 0 Å². The Hall–Kier alpha value is -4.35. The van der Waals surface area contributed by atoms with Gasteiger partial charge in [-0.2, -0.15) is 10.1 Å². The van der Waals surface area contributed by atoms with Gasteiger partial charge in [-0.25, -0.2) is 9.67 Å². The second kappa shape index (κ2) is 11.2. The van der Waals surface area contributed by atoms with Crippen LogP contribution in [0.25, 0.3) is 5.69 Å². The molecule has 2 aromatic heterocycles. The third-order valence-electron chi connectivity index (χ3n) is 6.54. The van der Waals surface area contributed by atoms with Crippen molar-refractivity contribution >= 4 is 46.3 Å². The second-order valence-electron chi connectivity index (χ2n) is 8.91. The van der Waals surface area contributed by atoms with Crippen LogP contribution >= 0.6 is 11.6 Å². The van der Waals surface area contributed by atoms with E-state index in [1.165, 1.54) is 6.20 Å². The molecule has 0 spiro atoms. The Morgan fingerprint density at radius 2 is 1.90 bits per heavy atom. The minimum absolute atomic E-state index is 0.0217. The molecule has 202 valence electrons. The fourth-order valence-electron chi connectivity index (χ4n) is 4.38. The molecule has 3 heterocycles. The number of methoxy groups -OCH3 is 2. The van der Waals surface area contributed by atoms with Crippen molar-refractivity contribution in [3.05, 3.63) is 65.6 Å². The van der Waals surface area contributed by atoms with Crippen LogP contribution in [0.5, 0.6) is 11.5 Å². The lowest BCUT2D eigenvalue weighted by Crippen LogP contribution is -2.34. The number of nitrogens with one attached hydrogen (secondary N) is 2. The molecule has 11 nitrogen and oxygen atoms in total. The Morgan fingerprint density at radius 1 is 1.05 bits per heavy atom. The smallest absolute Gasteiger partial charge is 0.240 e. The number of fused-ring (bicyclic) bond motifs is 1. The molecule has 4 aromatic rings. The first-order chi connectivity index (χ1) is 18.9. The normalized spacial score (nSPS) is 13.6. The van der Waals surface area contributed by atoms with Gasteiger partial charge in [0.25, 0.3) is 0 Å². The molecule has 0 saturated heterocycles. The number of likely N-dealkylation sites (N-methyl/N-ethyl adjacent to an activating group) is 2. The predicted octanol–water partition coefficient (Wildman–Crippen LogP) is 4.62. The van der Waals surface area contributed by atoms with Gasteiger partial charge >= 0.3 is 0 Å². The van der Waals surface area contributed by atoms with Crippen molar-refractivity contribution in [3.8, 4) is 17.2 Å². The quantitative estimate of drug-likeness (QED) is 0.326. The minimum Gasteiger partial charge on any atom is -0.497 e. The van der Waals surface area contributed by atoms with E-state index in [2.05, 4.69) is 30.6 Å². The molecule has 5 rings (SSSR count). The molecule has 12 heteroatoms. The molecule has 39 heavy (non-hydrogen) atoms. The summed E-state index contributed by atoms with van der Waals surface area (Å²) < 4.78 is 12.8. The highest BCUT2D eigenvalue weighted by atomic mass is 35.5. The fourth-order valence-corrected chi connectivity index (χ4v) is 4.51. The standard InChI is InChI=1S/C27H29ClN8O3/c1-5-35-15-17-11-24(39-4)21(13-22(17)34(2)25(37)16-35)32-27-29-14-19(28)26(33-27)31-20-8-7-18(38-3)12-23(20)36-10-6-9-30-36/h6-14H,5,15-16H2,1-4H3,(H2,29,31,32,33). The van der Waals surface area contributed by atoms with Crippen LogP contribution in [0.2, 0.25) is 5.02 Å². The molecule has 0 fully saturated rings. The number of amides is 1. The van der Waals surface area contributed by atoms with E-state index in [9.17, 15) is 4.79 Å². The zero-order valence-corrected chi connectivity index (χ0v) is 22.9. The molecule has 0 unspecified atom stereocenters. The Balaban J connectivity index is 1.48. The number of benzene rings is 2. The molecular weight excluding hydrogens is 520 g/mol. The highest BCUT2D eigenvalue weighted by molar-refractivity contribution is 6.33. The number of hydrogen-bond donors (Lipinski definition) is 2. The van der Waals surface area contributed by atoms with Crippen molar-refractivity contribution in [2.75, 3.05) is 49.9 Å². The van der Waals surface area contributed by atoms with Crippen molar-refractivity contribution in [2.45, 2.75) is 13.5 Å². The largest absolute Gasteiger partial charge is 0.497 e. The SMILES string of the molecule is CCN1CC(=O)N(C)c2cc(Nc3ncc(Cl)c(Nc4ccc(OC)cc4-n4cccn4)n3)c(OC)cc2C1. The van der Waals surface area contributed by atoms with E-state index in [4.69, 9.17) is 21.1 Å². The van der Waals surface area contributed by atoms with Gasteiger partial charge in [-0.3, -0.25) is 9.69 Å². The Morgan fingerprint density at radius 3 is 2.62 bits per heavy atom. The zero-order valence-electron chi connectivity index (χ0n) is 22.1. The number of aromatic nitrogens is 4. The van der Waals surface area contributed by atoms with Crippen LogP contribution in [0.1, 0.15) is 12.5 Å². The highest BCUT2D eigenvalue weighted by Gasteiger charge is 2.25. The van der Waals surface area contributed by atoms with Gasteiger partial charge in [0.1, 0.15) is 16.5 Å². The lowest BCUT2D eigenvalue weighted by atomic mass is 10.1. The second-order valence-corrected chi connectivity index (χ2v) is 9.32. The molecule has 0 radical (unpaired) electrons. The summed E-state index contributed by atoms with van der Waals surface area (Å²) >= 11 is 6.48. The van der Waals surface area contributed by atoms with Crippen LogP contribution in [0, 0.1) is 0 Å². The van der Waals surface area contributed by atoms with E-state index in [0.717, 1.165) is 23.5 Å². The monoisotopic (exact) mass is 548 g/mol. The van der Waals surface area contributed by atoms with Gasteiger partial charge in [-0.1, -0.05) is 18.5 Å². The number of carbonyl (C=O) groups excluding carboxylic acids is 1. The number of ether oxygens (including phenoxy) is 2. The molecule has 0 saturated carbocycles. The average molecular weight is 549 g/mol. The average Bonchev–Trinajstić information content (AvgIpc) is 3.46. The van der Waals surface area contributed by atoms with Crippen molar-refractivity contribution in [1.29, 1.82) is 0 Å². The fraction of sp³-hybridized carbons (Fsp3) is 0.259. The zero-order chi connectivity index (χ0) is 27.5. The summed E-state index contributed by atoms with van der Waals surface area (Å²) in [7, 11) is 4.99. The van der Waals surface area contributed by atoms with E-state index in [1.54, 1.807) is 37.0 Å². The van der Waals surface area contributed by atoms with Gasteiger partial charge in [0, 0.05) is 32.1 Å². The van der Waals surface area contributed by atoms with E-state index in [1.807, 2.05) is 49.5 Å². The lowest BCUT2D eigenvalue weighted by molar-refractivity contribution is -0.119. The number of halogens is 1. The third-order valence-corrected chi connectivity index (χ3v) is 6.81. The highest BCUT2D eigenvalue weighted by Crippen LogP contribution is 2.37. The van der Waals surface area contributed by atoms with Crippen LogP contribution in [0.4, 0.5) is 28.8 Å². The summed E-state index contributed by atoms with van der Waals surface area (Å²) in [4.78, 5) is 25.5. The first-order valence-electron chi connectivity index (χ1n) is 12.3. The number of rotatable bonds is 8. The van der Waals surface area contributed by atoms with Crippen LogP contribution < -0.4 is 25.0 Å². The van der Waals surface area contributed by atoms with Crippen LogP contribution in [0.15, 0.2) is 55.0 Å². The molecule has 2 N–H and O–H groups in total. The molecular formula is C27H29ClN8O3. The maximum Gasteiger partial charge on any atom is 0.240 e. The topological polar surface area (TPSA) is 110 Å². The molecule has 1 amide bonds. The number of hydrogen-bond acceptors (Lipinski definition) is 9. The summed E-state index contributed by atoms with van der Waals surface area (Å²) in [6.45, 7) is 3.81. The molecule has 0 atom stereocenters. The van der Waals surface area contributed by atoms with E-state index >= 15 is 0 Å². The van der Waals surface area contributed by atoms with Gasteiger partial charge in [0.2, 0.25) is 11.9 Å². The first kappa shape index (κ1) is 26.3. The van der Waals surface area contributed by atoms with E-state index in [-0.39, 0.29) is 5.91 Å². The third kappa shape index (κ3) is 5.45. The minimum atomic E-state index is 0.0217. The van der Waals surface area contributed by atoms with E-state index < -0.39 is 0 Å². The molecule has 0 aliphatic carbocycles. The van der Waals surface area contributed by atoms with Gasteiger partial charge in [0.05, 0.1) is 49.7 Å². The van der Waals surface area contributed by atoms with Gasteiger partial charge in [0.15, 0.2) is 5.82 Å². The molecule has 1 aliphatic heterocycles. The van der Waals surface area contributed by atoms with Crippen molar-refractivity contribution in [3.63, 3.8) is 0 Å². The summed E-state index contributed by atoms with van der Waals surface area (Å²) in [5.41, 5.74) is 3.89. The maximum absolute atomic E-state index is 12.7. The first-order valence-corrected chi connectivity index (χ1v) is 12.7. The number of nitrogens with zero attached hydrogens (tertiary/aromatic N) is 6. The Labute approximate surface area is 231 Å². The number of carbonyl (C=O) groups is 1. The van der Waals surface area contributed by atoms with Crippen LogP contribution in [-0.4, -0.2) is 64.9 Å². The maximum atomic E-state index is 12.7. The van der Waals surface area contributed by atoms with Gasteiger partial charge < -0.3 is 25.0 Å². The van der Waals surface area contributed by atoms with E-state index in [0.29, 0.717) is 52.8 Å². The Kier molecular flexibility index (Phi) is 7.53. The van der Waals surface area contributed by atoms with Crippen molar-refractivity contribution in [2.24, 2.45) is 0 Å². The number of anilines is 5.